The second-order valence-electron chi connectivity index (χ2n) is 3.67. The molecule has 8 nitrogen and oxygen atoms in total. The van der Waals surface area contributed by atoms with E-state index in [9.17, 15) is 8.42 Å². The van der Waals surface area contributed by atoms with E-state index in [-0.39, 0.29) is 29.7 Å². The molecule has 0 bridgehead atoms. The number of ether oxygens (including phenoxy) is 1. The molecule has 0 radical (unpaired) electrons. The van der Waals surface area contributed by atoms with Gasteiger partial charge in [-0.3, -0.25) is 4.72 Å². The van der Waals surface area contributed by atoms with Gasteiger partial charge in [0.05, 0.1) is 17.3 Å². The van der Waals surface area contributed by atoms with Crippen molar-refractivity contribution >= 4 is 33.3 Å². The molecule has 0 fully saturated rings. The molecule has 0 spiro atoms. The molecule has 0 saturated heterocycles. The van der Waals surface area contributed by atoms with E-state index in [0.717, 1.165) is 0 Å². The van der Waals surface area contributed by atoms with Gasteiger partial charge in [0, 0.05) is 19.2 Å². The zero-order valence-electron chi connectivity index (χ0n) is 10.6. The van der Waals surface area contributed by atoms with E-state index in [4.69, 9.17) is 27.3 Å². The van der Waals surface area contributed by atoms with Gasteiger partial charge in [0.25, 0.3) is 10.2 Å². The Morgan fingerprint density at radius 3 is 2.85 bits per heavy atom. The zero-order valence-corrected chi connectivity index (χ0v) is 12.2. The summed E-state index contributed by atoms with van der Waals surface area (Å²) in [5.74, 6) is -0.158. The van der Waals surface area contributed by atoms with Crippen LogP contribution >= 0.6 is 11.6 Å². The van der Waals surface area contributed by atoms with Crippen molar-refractivity contribution in [3.05, 3.63) is 28.8 Å². The standard InChI is InChI=1S/C10H15ClN4O4S/c1-19-5-4-13-20(17,18)15-9-6-7(10(12)14-16)2-3-8(9)11/h2-3,6,13,15-16H,4-5H2,1H3,(H2,12,14). The number of nitrogens with two attached hydrogens (primary N) is 1. The van der Waals surface area contributed by atoms with Gasteiger partial charge in [-0.15, -0.1) is 0 Å². The number of anilines is 1. The molecule has 0 aliphatic heterocycles. The Hall–Kier alpha value is -1.55. The summed E-state index contributed by atoms with van der Waals surface area (Å²) in [5, 5.41) is 11.6. The van der Waals surface area contributed by atoms with E-state index >= 15 is 0 Å². The Morgan fingerprint density at radius 2 is 2.25 bits per heavy atom. The lowest BCUT2D eigenvalue weighted by Crippen LogP contribution is -2.32. The van der Waals surface area contributed by atoms with Crippen LogP contribution in [0.25, 0.3) is 0 Å². The molecular formula is C10H15ClN4O4S. The summed E-state index contributed by atoms with van der Waals surface area (Å²) in [7, 11) is -2.33. The largest absolute Gasteiger partial charge is 0.409 e. The summed E-state index contributed by atoms with van der Waals surface area (Å²) >= 11 is 5.89. The van der Waals surface area contributed by atoms with E-state index in [2.05, 4.69) is 14.6 Å². The molecule has 0 atom stereocenters. The third kappa shape index (κ3) is 4.85. The van der Waals surface area contributed by atoms with Gasteiger partial charge in [-0.2, -0.15) is 13.1 Å². The number of nitrogens with zero attached hydrogens (tertiary/aromatic N) is 1. The maximum Gasteiger partial charge on any atom is 0.299 e. The number of rotatable bonds is 7. The molecule has 10 heteroatoms. The molecule has 0 heterocycles. The van der Waals surface area contributed by atoms with E-state index < -0.39 is 10.2 Å². The molecule has 20 heavy (non-hydrogen) atoms. The Kier molecular flexibility index (Phi) is 6.02. The van der Waals surface area contributed by atoms with Crippen molar-refractivity contribution in [1.82, 2.24) is 4.72 Å². The van der Waals surface area contributed by atoms with E-state index in [1.54, 1.807) is 0 Å². The van der Waals surface area contributed by atoms with Gasteiger partial charge in [-0.05, 0) is 18.2 Å². The summed E-state index contributed by atoms with van der Waals surface area (Å²) in [4.78, 5) is 0. The first kappa shape index (κ1) is 16.5. The third-order valence-corrected chi connectivity index (χ3v) is 3.61. The lowest BCUT2D eigenvalue weighted by molar-refractivity contribution is 0.204. The highest BCUT2D eigenvalue weighted by molar-refractivity contribution is 7.90. The summed E-state index contributed by atoms with van der Waals surface area (Å²) in [6, 6.07) is 4.28. The van der Waals surface area contributed by atoms with Gasteiger partial charge < -0.3 is 15.7 Å². The monoisotopic (exact) mass is 322 g/mol. The van der Waals surface area contributed by atoms with Crippen LogP contribution in [-0.2, 0) is 14.9 Å². The molecule has 0 aliphatic rings. The van der Waals surface area contributed by atoms with Crippen LogP contribution in [0, 0.1) is 0 Å². The molecule has 5 N–H and O–H groups in total. The Bertz CT molecular complexity index is 591. The summed E-state index contributed by atoms with van der Waals surface area (Å²) in [6.45, 7) is 0.349. The second-order valence-corrected chi connectivity index (χ2v) is 5.58. The lowest BCUT2D eigenvalue weighted by Gasteiger charge is -2.11. The first-order valence-corrected chi connectivity index (χ1v) is 7.29. The normalized spacial score (nSPS) is 12.4. The van der Waals surface area contributed by atoms with Gasteiger partial charge in [0.1, 0.15) is 0 Å². The highest BCUT2D eigenvalue weighted by Gasteiger charge is 2.13. The Morgan fingerprint density at radius 1 is 1.55 bits per heavy atom. The van der Waals surface area contributed by atoms with E-state index in [1.807, 2.05) is 0 Å². The highest BCUT2D eigenvalue weighted by Crippen LogP contribution is 2.23. The first-order valence-electron chi connectivity index (χ1n) is 5.43. The predicted octanol–water partition coefficient (Wildman–Crippen LogP) is 0.327. The SMILES string of the molecule is COCCNS(=O)(=O)Nc1cc(/C(N)=N/O)ccc1Cl. The Balaban J connectivity index is 2.91. The molecule has 1 aromatic carbocycles. The van der Waals surface area contributed by atoms with Crippen molar-refractivity contribution < 1.29 is 18.4 Å². The molecule has 0 saturated carbocycles. The molecule has 112 valence electrons. The van der Waals surface area contributed by atoms with Crippen molar-refractivity contribution in [3.8, 4) is 0 Å². The van der Waals surface area contributed by atoms with Gasteiger partial charge in [-0.25, -0.2) is 0 Å². The van der Waals surface area contributed by atoms with Gasteiger partial charge in [0.15, 0.2) is 5.84 Å². The van der Waals surface area contributed by atoms with Crippen molar-refractivity contribution in [3.63, 3.8) is 0 Å². The zero-order chi connectivity index (χ0) is 15.2. The van der Waals surface area contributed by atoms with E-state index in [1.165, 1.54) is 25.3 Å². The summed E-state index contributed by atoms with van der Waals surface area (Å²) in [6.07, 6.45) is 0. The fourth-order valence-corrected chi connectivity index (χ4v) is 2.38. The maximum atomic E-state index is 11.7. The van der Waals surface area contributed by atoms with E-state index in [0.29, 0.717) is 5.56 Å². The van der Waals surface area contributed by atoms with Crippen molar-refractivity contribution in [2.45, 2.75) is 0 Å². The average molecular weight is 323 g/mol. The smallest absolute Gasteiger partial charge is 0.299 e. The number of benzene rings is 1. The molecule has 1 aromatic rings. The number of oxime groups is 1. The van der Waals surface area contributed by atoms with Crippen LogP contribution < -0.4 is 15.2 Å². The topological polar surface area (TPSA) is 126 Å². The van der Waals surface area contributed by atoms with Crippen LogP contribution in [0.1, 0.15) is 5.56 Å². The van der Waals surface area contributed by atoms with Crippen LogP contribution in [0.4, 0.5) is 5.69 Å². The fraction of sp³-hybridized carbons (Fsp3) is 0.300. The number of hydrogen-bond acceptors (Lipinski definition) is 5. The van der Waals surface area contributed by atoms with Crippen molar-refractivity contribution in [2.75, 3.05) is 25.0 Å². The average Bonchev–Trinajstić information content (AvgIpc) is 2.40. The second kappa shape index (κ2) is 7.29. The minimum atomic E-state index is -3.79. The first-order chi connectivity index (χ1) is 9.39. The number of nitrogens with one attached hydrogen (secondary N) is 2. The molecule has 0 aliphatic carbocycles. The minimum absolute atomic E-state index is 0.112. The lowest BCUT2D eigenvalue weighted by atomic mass is 10.2. The van der Waals surface area contributed by atoms with Crippen LogP contribution in [0.5, 0.6) is 0 Å². The number of halogens is 1. The van der Waals surface area contributed by atoms with Crippen LogP contribution in [0.15, 0.2) is 23.4 Å². The molecule has 0 amide bonds. The molecule has 0 aromatic heterocycles. The maximum absolute atomic E-state index is 11.7. The number of amidine groups is 1. The quantitative estimate of drug-likeness (QED) is 0.189. The van der Waals surface area contributed by atoms with Crippen LogP contribution in [0.3, 0.4) is 0 Å². The highest BCUT2D eigenvalue weighted by atomic mass is 35.5. The summed E-state index contributed by atoms with van der Waals surface area (Å²) in [5.41, 5.74) is 5.86. The Labute approximate surface area is 121 Å². The number of hydrogen-bond donors (Lipinski definition) is 4. The molecule has 1 rings (SSSR count). The van der Waals surface area contributed by atoms with Crippen LogP contribution in [-0.4, -0.2) is 39.7 Å². The fourth-order valence-electron chi connectivity index (χ4n) is 1.28. The molecular weight excluding hydrogens is 308 g/mol. The van der Waals surface area contributed by atoms with Gasteiger partial charge >= 0.3 is 0 Å². The predicted molar refractivity (Wildman–Crippen MR) is 76.4 cm³/mol. The molecule has 0 unspecified atom stereocenters. The van der Waals surface area contributed by atoms with Crippen LogP contribution in [0.2, 0.25) is 5.02 Å². The summed E-state index contributed by atoms with van der Waals surface area (Å²) < 4.78 is 32.7. The van der Waals surface area contributed by atoms with Gasteiger partial charge in [-0.1, -0.05) is 16.8 Å². The van der Waals surface area contributed by atoms with Crippen molar-refractivity contribution in [2.24, 2.45) is 10.9 Å². The third-order valence-electron chi connectivity index (χ3n) is 2.21. The van der Waals surface area contributed by atoms with Crippen molar-refractivity contribution in [1.29, 1.82) is 0 Å². The van der Waals surface area contributed by atoms with Gasteiger partial charge in [0.2, 0.25) is 0 Å². The minimum Gasteiger partial charge on any atom is -0.409 e. The number of methoxy groups -OCH3 is 1.